The molecule has 0 N–H and O–H groups in total. The fraction of sp³-hybridized carbons (Fsp3) is 0.280. The molecule has 0 radical (unpaired) electrons. The van der Waals surface area contributed by atoms with E-state index in [4.69, 9.17) is 14.7 Å². The van der Waals surface area contributed by atoms with E-state index in [1.165, 1.54) is 61.1 Å². The number of hydrogen-bond acceptors (Lipinski definition) is 4. The van der Waals surface area contributed by atoms with Crippen molar-refractivity contribution in [3.05, 3.63) is 158 Å². The van der Waals surface area contributed by atoms with Crippen LogP contribution in [-0.4, -0.2) is 20.9 Å². The molecule has 2 atom stereocenters. The Bertz CT molecular complexity index is 2840. The van der Waals surface area contributed by atoms with Gasteiger partial charge < -0.3 is 19.2 Å². The van der Waals surface area contributed by atoms with E-state index in [0.29, 0.717) is 11.5 Å². The summed E-state index contributed by atoms with van der Waals surface area (Å²) < 4.78 is 9.18. The van der Waals surface area contributed by atoms with Crippen molar-refractivity contribution in [3.8, 4) is 17.3 Å². The van der Waals surface area contributed by atoms with Crippen LogP contribution >= 0.6 is 0 Å². The van der Waals surface area contributed by atoms with Crippen LogP contribution in [0, 0.1) is 53.7 Å². The molecule has 5 nitrogen and oxygen atoms in total. The fourth-order valence-electron chi connectivity index (χ4n) is 10.3. The molecule has 2 aromatic heterocycles. The Morgan fingerprint density at radius 3 is 2.16 bits per heavy atom. The molecule has 7 aromatic rings. The van der Waals surface area contributed by atoms with E-state index in [0.717, 1.165) is 45.7 Å². The van der Waals surface area contributed by atoms with Crippen LogP contribution in [0.15, 0.2) is 90.1 Å². The maximum absolute atomic E-state index is 6.88. The molecule has 56 heavy (non-hydrogen) atoms. The van der Waals surface area contributed by atoms with Gasteiger partial charge in [0, 0.05) is 39.9 Å². The number of pyridine rings is 1. The van der Waals surface area contributed by atoms with Gasteiger partial charge in [0.15, 0.2) is 0 Å². The number of aromatic nitrogens is 2. The number of aliphatic imine (C=N–C) groups is 1. The van der Waals surface area contributed by atoms with Gasteiger partial charge >= 0.3 is 21.1 Å². The van der Waals surface area contributed by atoms with Crippen molar-refractivity contribution in [1.29, 1.82) is 0 Å². The number of amidine groups is 1. The van der Waals surface area contributed by atoms with Crippen molar-refractivity contribution in [2.24, 2.45) is 4.99 Å². The molecular formula is C50H46N4OPt. The van der Waals surface area contributed by atoms with Gasteiger partial charge in [0.25, 0.3) is 0 Å². The zero-order chi connectivity index (χ0) is 38.3. The number of anilines is 1. The first-order valence-corrected chi connectivity index (χ1v) is 19.5. The second-order valence-electron chi connectivity index (χ2n) is 17.3. The van der Waals surface area contributed by atoms with Gasteiger partial charge in [0.2, 0.25) is 0 Å². The predicted molar refractivity (Wildman–Crippen MR) is 225 cm³/mol. The first-order valence-electron chi connectivity index (χ1n) is 19.5. The minimum absolute atomic E-state index is 0. The molecule has 0 spiro atoms. The molecule has 5 aromatic carbocycles. The third kappa shape index (κ3) is 4.89. The third-order valence-electron chi connectivity index (χ3n) is 13.0. The predicted octanol–water partition coefficient (Wildman–Crippen LogP) is 11.6. The molecule has 1 aliphatic carbocycles. The number of rotatable bonds is 4. The van der Waals surface area contributed by atoms with E-state index >= 15 is 0 Å². The first-order chi connectivity index (χ1) is 26.2. The van der Waals surface area contributed by atoms with E-state index in [1.54, 1.807) is 0 Å². The quantitative estimate of drug-likeness (QED) is 0.165. The second kappa shape index (κ2) is 12.3. The zero-order valence-corrected chi connectivity index (χ0v) is 36.1. The van der Waals surface area contributed by atoms with Gasteiger partial charge in [-0.2, -0.15) is 6.07 Å². The van der Waals surface area contributed by atoms with Gasteiger partial charge in [-0.05, 0) is 87.2 Å². The molecular weight excluding hydrogens is 868 g/mol. The molecule has 6 heteroatoms. The summed E-state index contributed by atoms with van der Waals surface area (Å²) in [5.74, 6) is 3.21. The topological polar surface area (TPSA) is 42.6 Å². The van der Waals surface area contributed by atoms with Crippen molar-refractivity contribution in [1.82, 2.24) is 9.55 Å². The summed E-state index contributed by atoms with van der Waals surface area (Å²) in [6.07, 6.45) is 2.76. The summed E-state index contributed by atoms with van der Waals surface area (Å²) in [5.41, 5.74) is 15.6. The third-order valence-corrected chi connectivity index (χ3v) is 13.0. The molecule has 282 valence electrons. The molecule has 0 saturated carbocycles. The average molecular weight is 914 g/mol. The van der Waals surface area contributed by atoms with Gasteiger partial charge in [-0.1, -0.05) is 111 Å². The smallest absolute Gasteiger partial charge is 0.503 e. The normalized spacial score (nSPS) is 20.1. The Balaban J connectivity index is 0.00000410. The van der Waals surface area contributed by atoms with Crippen molar-refractivity contribution >= 4 is 33.3 Å². The van der Waals surface area contributed by atoms with Gasteiger partial charge in [0.1, 0.15) is 5.82 Å². The van der Waals surface area contributed by atoms with Crippen LogP contribution in [0.25, 0.3) is 27.6 Å². The second-order valence-corrected chi connectivity index (χ2v) is 17.3. The van der Waals surface area contributed by atoms with Gasteiger partial charge in [-0.15, -0.1) is 34.2 Å². The standard InChI is InChI=1S/C50H46N4O.Pt/c1-28-18-32(5)44(33(6)19-28)54-46(52-49(9)27-34-14-11-12-15-39(34)50(49,54)10)35-20-29(2)21-36(25-35)55-43-26-42-37(24-31(43)4)38-22-30(3)23-41-45(38)53(42)47-40(48(41,7)8)16-13-17-51-47;/h11-24H,27H2,1-10H3;/q-2;+2/t49-,50+;/m1./s1. The molecule has 0 amide bonds. The van der Waals surface area contributed by atoms with Gasteiger partial charge in [-0.3, -0.25) is 0 Å². The number of benzene rings is 5. The Morgan fingerprint density at radius 2 is 1.39 bits per heavy atom. The van der Waals surface area contributed by atoms with Crippen molar-refractivity contribution in [2.45, 2.75) is 92.2 Å². The van der Waals surface area contributed by atoms with Crippen LogP contribution in [-0.2, 0) is 38.4 Å². The van der Waals surface area contributed by atoms with Crippen LogP contribution in [0.2, 0.25) is 0 Å². The zero-order valence-electron chi connectivity index (χ0n) is 33.8. The number of fused-ring (bicyclic) bond motifs is 8. The molecule has 10 rings (SSSR count). The summed E-state index contributed by atoms with van der Waals surface area (Å²) in [6, 6.07) is 36.4. The number of aryl methyl sites for hydroxylation is 6. The SMILES string of the molecule is Cc1cc(Oc2[c-]c3c(cc2C)c2cc(C)cc4c2n3-c2ncccc2C4(C)C)[c-]c(C2=N[C@]3(C)Cc4ccccc4[C@]3(C)N2c2c(C)cc(C)cc2C)c1.[Pt+2]. The van der Waals surface area contributed by atoms with Crippen LogP contribution in [0.1, 0.15) is 88.9 Å². The Hall–Kier alpha value is -4.99. The van der Waals surface area contributed by atoms with Crippen molar-refractivity contribution in [3.63, 3.8) is 0 Å². The average Bonchev–Trinajstić information content (AvgIpc) is 3.64. The molecule has 3 aliphatic rings. The summed E-state index contributed by atoms with van der Waals surface area (Å²) in [5, 5.41) is 2.38. The summed E-state index contributed by atoms with van der Waals surface area (Å²) in [7, 11) is 0. The molecule has 2 aliphatic heterocycles. The summed E-state index contributed by atoms with van der Waals surface area (Å²) >= 11 is 0. The number of hydrogen-bond donors (Lipinski definition) is 0. The minimum atomic E-state index is -0.397. The Labute approximate surface area is 344 Å². The maximum Gasteiger partial charge on any atom is 2.00 e. The van der Waals surface area contributed by atoms with E-state index in [9.17, 15) is 0 Å². The summed E-state index contributed by atoms with van der Waals surface area (Å²) in [4.78, 5) is 13.2. The van der Waals surface area contributed by atoms with Crippen LogP contribution < -0.4 is 9.64 Å². The van der Waals surface area contributed by atoms with Gasteiger partial charge in [-0.25, -0.2) is 4.98 Å². The van der Waals surface area contributed by atoms with Crippen LogP contribution in [0.4, 0.5) is 5.69 Å². The van der Waals surface area contributed by atoms with E-state index < -0.39 is 5.54 Å². The fourth-order valence-corrected chi connectivity index (χ4v) is 10.3. The number of nitrogens with zero attached hydrogens (tertiary/aromatic N) is 4. The van der Waals surface area contributed by atoms with Crippen LogP contribution in [0.3, 0.4) is 0 Å². The molecule has 0 bridgehead atoms. The number of ether oxygens (including phenoxy) is 1. The first kappa shape index (κ1) is 36.6. The van der Waals surface area contributed by atoms with Crippen LogP contribution in [0.5, 0.6) is 11.5 Å². The molecule has 0 fully saturated rings. The van der Waals surface area contributed by atoms with E-state index in [1.807, 2.05) is 12.3 Å². The molecule has 0 unspecified atom stereocenters. The molecule has 4 heterocycles. The van der Waals surface area contributed by atoms with Gasteiger partial charge in [0.05, 0.1) is 16.9 Å². The van der Waals surface area contributed by atoms with Crippen molar-refractivity contribution < 1.29 is 25.8 Å². The Morgan fingerprint density at radius 1 is 0.696 bits per heavy atom. The van der Waals surface area contributed by atoms with Crippen molar-refractivity contribution in [2.75, 3.05) is 4.90 Å². The largest absolute Gasteiger partial charge is 2.00 e. The van der Waals surface area contributed by atoms with E-state index in [-0.39, 0.29) is 32.0 Å². The minimum Gasteiger partial charge on any atom is -0.503 e. The summed E-state index contributed by atoms with van der Waals surface area (Å²) in [6.45, 7) is 22.4. The van der Waals surface area contributed by atoms with E-state index in [2.05, 4.69) is 164 Å². The maximum atomic E-state index is 6.88. The molecule has 0 saturated heterocycles. The monoisotopic (exact) mass is 913 g/mol. The Kier molecular flexibility index (Phi) is 8.02.